The van der Waals surface area contributed by atoms with Crippen molar-refractivity contribution in [2.24, 2.45) is 0 Å². The highest BCUT2D eigenvalue weighted by Crippen LogP contribution is 2.68. The second-order valence-electron chi connectivity index (χ2n) is 19.8. The van der Waals surface area contributed by atoms with Crippen LogP contribution in [0.4, 0.5) is 0 Å². The van der Waals surface area contributed by atoms with Gasteiger partial charge in [-0.25, -0.2) is 0 Å². The van der Waals surface area contributed by atoms with Crippen LogP contribution in [0.15, 0.2) is 127 Å². The lowest BCUT2D eigenvalue weighted by molar-refractivity contribution is -0.119. The van der Waals surface area contributed by atoms with Gasteiger partial charge in [-0.15, -0.1) is 0 Å². The molecule has 3 nitrogen and oxygen atoms in total. The van der Waals surface area contributed by atoms with Crippen LogP contribution in [0.2, 0.25) is 0 Å². The molecule has 3 heterocycles. The smallest absolute Gasteiger partial charge is 0.134 e. The molecule has 0 saturated carbocycles. The molecule has 0 bridgehead atoms. The number of aryl methyl sites for hydroxylation is 4. The summed E-state index contributed by atoms with van der Waals surface area (Å²) in [5.41, 5.74) is 22.1. The summed E-state index contributed by atoms with van der Waals surface area (Å²) in [6.07, 6.45) is 0.914. The van der Waals surface area contributed by atoms with Crippen molar-refractivity contribution < 1.29 is 4.79 Å². The Morgan fingerprint density at radius 2 is 0.785 bits per heavy atom. The average Bonchev–Trinajstić information content (AvgIpc) is 3.28. The Bertz CT molecular complexity index is 2640. The number of ketones is 1. The molecule has 4 heteroatoms. The van der Waals surface area contributed by atoms with Crippen molar-refractivity contribution in [3.8, 4) is 44.5 Å². The maximum Gasteiger partial charge on any atom is 0.134 e. The standard InChI is InChI=1S/C61H67N2OP/c1-36(2)51-30-44(47-24-15-13-20-40(47)9)31-52(37(3)4)59(51)49-26-19-27-50(60-53(38(5)6)32-45(33-54(60)39(7)8)48-25-16-14-21-41(48)10)61(49)65-57(55-28-17-22-42(11)62-55)34-46(64)35-58(65)56-29-18-23-43(12)63-56/h13-33,36-39,57-58H,34-35H2,1-12H3. The van der Waals surface area contributed by atoms with Crippen LogP contribution in [0.25, 0.3) is 44.5 Å². The first-order valence-corrected chi connectivity index (χ1v) is 25.4. The summed E-state index contributed by atoms with van der Waals surface area (Å²) in [7, 11) is -1.17. The number of carbonyl (C=O) groups is 1. The van der Waals surface area contributed by atoms with Crippen LogP contribution in [0.1, 0.15) is 159 Å². The third-order valence-corrected chi connectivity index (χ3v) is 16.9. The first-order chi connectivity index (χ1) is 31.1. The van der Waals surface area contributed by atoms with Crippen molar-refractivity contribution >= 4 is 19.0 Å². The maximum atomic E-state index is 14.4. The molecule has 8 rings (SSSR count). The molecule has 0 radical (unpaired) electrons. The Balaban J connectivity index is 1.56. The molecule has 65 heavy (non-hydrogen) atoms. The van der Waals surface area contributed by atoms with E-state index in [9.17, 15) is 4.79 Å². The van der Waals surface area contributed by atoms with Gasteiger partial charge < -0.3 is 0 Å². The monoisotopic (exact) mass is 874 g/mol. The quantitative estimate of drug-likeness (QED) is 0.122. The number of benzene rings is 5. The van der Waals surface area contributed by atoms with Crippen molar-refractivity contribution in [1.82, 2.24) is 9.97 Å². The van der Waals surface area contributed by atoms with Crippen LogP contribution in [-0.4, -0.2) is 15.8 Å². The van der Waals surface area contributed by atoms with Crippen LogP contribution in [-0.2, 0) is 4.79 Å². The fourth-order valence-corrected chi connectivity index (χ4v) is 14.0. The summed E-state index contributed by atoms with van der Waals surface area (Å²) < 4.78 is 0. The van der Waals surface area contributed by atoms with Gasteiger partial charge in [0, 0.05) is 46.9 Å². The minimum Gasteiger partial charge on any atom is -0.300 e. The van der Waals surface area contributed by atoms with Crippen molar-refractivity contribution in [3.05, 3.63) is 184 Å². The highest BCUT2D eigenvalue weighted by Gasteiger charge is 2.44. The molecule has 2 unspecified atom stereocenters. The molecule has 1 aliphatic rings. The second kappa shape index (κ2) is 19.1. The summed E-state index contributed by atoms with van der Waals surface area (Å²) in [6, 6.07) is 47.5. The number of nitrogens with zero attached hydrogens (tertiary/aromatic N) is 2. The van der Waals surface area contributed by atoms with E-state index < -0.39 is 7.92 Å². The highest BCUT2D eigenvalue weighted by molar-refractivity contribution is 7.67. The number of rotatable bonds is 11. The van der Waals surface area contributed by atoms with Crippen molar-refractivity contribution in [2.75, 3.05) is 0 Å². The zero-order valence-corrected chi connectivity index (χ0v) is 41.6. The van der Waals surface area contributed by atoms with Crippen molar-refractivity contribution in [3.63, 3.8) is 0 Å². The van der Waals surface area contributed by atoms with Gasteiger partial charge in [-0.3, -0.25) is 14.8 Å². The van der Waals surface area contributed by atoms with Gasteiger partial charge in [-0.2, -0.15) is 0 Å². The molecule has 0 N–H and O–H groups in total. The fraction of sp³-hybridized carbons (Fsp3) is 0.328. The van der Waals surface area contributed by atoms with E-state index in [0.717, 1.165) is 22.8 Å². The van der Waals surface area contributed by atoms with E-state index in [-0.39, 0.29) is 40.8 Å². The molecular weight excluding hydrogens is 808 g/mol. The first kappa shape index (κ1) is 46.0. The highest BCUT2D eigenvalue weighted by atomic mass is 31.1. The number of carbonyl (C=O) groups excluding carboxylic acids is 1. The fourth-order valence-electron chi connectivity index (χ4n) is 10.4. The summed E-state index contributed by atoms with van der Waals surface area (Å²) in [5, 5.41) is 1.37. The summed E-state index contributed by atoms with van der Waals surface area (Å²) in [4.78, 5) is 25.0. The Hall–Kier alpha value is -5.50. The lowest BCUT2D eigenvalue weighted by Gasteiger charge is -2.41. The van der Waals surface area contributed by atoms with E-state index in [2.05, 4.69) is 210 Å². The minimum atomic E-state index is -1.17. The molecule has 0 amide bonds. The molecule has 7 aromatic rings. The van der Waals surface area contributed by atoms with E-state index in [1.807, 2.05) is 0 Å². The molecule has 2 aromatic heterocycles. The molecule has 1 saturated heterocycles. The van der Waals surface area contributed by atoms with Crippen molar-refractivity contribution in [1.29, 1.82) is 0 Å². The van der Waals surface area contributed by atoms with Crippen LogP contribution < -0.4 is 5.30 Å². The molecule has 1 fully saturated rings. The molecule has 5 aromatic carbocycles. The average molecular weight is 875 g/mol. The second-order valence-corrected chi connectivity index (χ2v) is 22.3. The normalized spacial score (nSPS) is 16.6. The molecule has 332 valence electrons. The van der Waals surface area contributed by atoms with E-state index in [0.29, 0.717) is 12.8 Å². The number of aromatic nitrogens is 2. The van der Waals surface area contributed by atoms with Crippen LogP contribution in [0.5, 0.6) is 0 Å². The third kappa shape index (κ3) is 9.20. The van der Waals surface area contributed by atoms with Gasteiger partial charge in [-0.05, 0) is 159 Å². The van der Waals surface area contributed by atoms with Gasteiger partial charge in [0.15, 0.2) is 0 Å². The van der Waals surface area contributed by atoms with Gasteiger partial charge in [0.05, 0.1) is 0 Å². The molecule has 1 aliphatic heterocycles. The SMILES string of the molecule is Cc1cccc(C2CC(=O)CC(c3cccc(C)n3)P2c2c(-c3c(C(C)C)cc(-c4ccccc4C)cc3C(C)C)cccc2-c2c(C(C)C)cc(-c3ccccc3C)cc2C(C)C)n1. The van der Waals surface area contributed by atoms with Gasteiger partial charge >= 0.3 is 0 Å². The van der Waals surface area contributed by atoms with Gasteiger partial charge in [0.25, 0.3) is 0 Å². The Kier molecular flexibility index (Phi) is 13.6. The van der Waals surface area contributed by atoms with E-state index in [1.54, 1.807) is 0 Å². The minimum absolute atomic E-state index is 0.106. The third-order valence-electron chi connectivity index (χ3n) is 13.6. The number of Topliss-reactive ketones (excluding diaryl/α,β-unsaturated/α-hetero) is 1. The zero-order valence-electron chi connectivity index (χ0n) is 40.8. The topological polar surface area (TPSA) is 42.9 Å². The summed E-state index contributed by atoms with van der Waals surface area (Å²) >= 11 is 0. The zero-order chi connectivity index (χ0) is 46.3. The van der Waals surface area contributed by atoms with Gasteiger partial charge in [-0.1, -0.05) is 166 Å². The maximum absolute atomic E-state index is 14.4. The summed E-state index contributed by atoms with van der Waals surface area (Å²) in [5.74, 6) is 1.28. The summed E-state index contributed by atoms with van der Waals surface area (Å²) in [6.45, 7) is 27.5. The van der Waals surface area contributed by atoms with Crippen LogP contribution >= 0.6 is 7.92 Å². The molecule has 0 spiro atoms. The Morgan fingerprint density at radius 1 is 0.446 bits per heavy atom. The Labute approximate surface area is 391 Å². The lowest BCUT2D eigenvalue weighted by Crippen LogP contribution is -2.27. The van der Waals surface area contributed by atoms with Gasteiger partial charge in [0.2, 0.25) is 0 Å². The lowest BCUT2D eigenvalue weighted by atomic mass is 9.79. The molecule has 2 atom stereocenters. The van der Waals surface area contributed by atoms with Crippen LogP contribution in [0.3, 0.4) is 0 Å². The van der Waals surface area contributed by atoms with Gasteiger partial charge in [0.1, 0.15) is 5.78 Å². The van der Waals surface area contributed by atoms with Crippen LogP contribution in [0, 0.1) is 27.7 Å². The Morgan fingerprint density at radius 3 is 1.12 bits per heavy atom. The largest absolute Gasteiger partial charge is 0.300 e. The predicted molar refractivity (Wildman–Crippen MR) is 278 cm³/mol. The first-order valence-electron chi connectivity index (χ1n) is 23.9. The number of hydrogen-bond donors (Lipinski definition) is 0. The molecule has 0 aliphatic carbocycles. The molecular formula is C61H67N2OP. The van der Waals surface area contributed by atoms with Crippen molar-refractivity contribution in [2.45, 2.75) is 131 Å². The predicted octanol–water partition coefficient (Wildman–Crippen LogP) is 16.8. The van der Waals surface area contributed by atoms with E-state index in [4.69, 9.17) is 9.97 Å². The van der Waals surface area contributed by atoms with E-state index >= 15 is 0 Å². The van der Waals surface area contributed by atoms with E-state index in [1.165, 1.54) is 83.2 Å². The number of hydrogen-bond acceptors (Lipinski definition) is 3. The number of pyridine rings is 2.